The van der Waals surface area contributed by atoms with Gasteiger partial charge in [0, 0.05) is 19.5 Å². The quantitative estimate of drug-likeness (QED) is 0.123. The van der Waals surface area contributed by atoms with Crippen molar-refractivity contribution in [3.8, 4) is 0 Å². The highest BCUT2D eigenvalue weighted by Gasteiger charge is 2.98. The van der Waals surface area contributed by atoms with Gasteiger partial charge in [0.05, 0.1) is 33.6 Å². The summed E-state index contributed by atoms with van der Waals surface area (Å²) in [6.45, 7) is -3.09. The van der Waals surface area contributed by atoms with Gasteiger partial charge in [0.15, 0.2) is 0 Å². The number of rotatable bonds is 18. The van der Waals surface area contributed by atoms with Crippen LogP contribution in [0.15, 0.2) is 0 Å². The normalized spacial score (nSPS) is 16.1. The van der Waals surface area contributed by atoms with Gasteiger partial charge < -0.3 is 9.59 Å². The highest BCUT2D eigenvalue weighted by Crippen LogP contribution is 2.66. The lowest BCUT2D eigenvalue weighted by Gasteiger charge is -2.44. The van der Waals surface area contributed by atoms with E-state index in [1.54, 1.807) is 0 Å². The van der Waals surface area contributed by atoms with Crippen LogP contribution in [-0.2, 0) is 14.8 Å². The molecule has 0 radical (unpaired) electrons. The predicted octanol–water partition coefficient (Wildman–Crippen LogP) is 6.82. The number of carboxylic acids is 1. The van der Waals surface area contributed by atoms with Crippen molar-refractivity contribution in [3.05, 3.63) is 0 Å². The summed E-state index contributed by atoms with van der Waals surface area (Å²) in [5.41, 5.74) is 0. The second kappa shape index (κ2) is 12.9. The topological polar surface area (TPSA) is 74.7 Å². The van der Waals surface area contributed by atoms with Crippen molar-refractivity contribution in [2.75, 3.05) is 40.3 Å². The van der Waals surface area contributed by atoms with Crippen molar-refractivity contribution in [2.24, 2.45) is 0 Å². The molecule has 0 aromatic carbocycles. The second-order valence-electron chi connectivity index (χ2n) is 10.5. The molecule has 0 amide bonds. The predicted molar refractivity (Wildman–Crippen MR) is 115 cm³/mol. The van der Waals surface area contributed by atoms with E-state index in [9.17, 15) is 105 Å². The number of carboxylic acid groups (broad SMARTS) is 1. The molecule has 0 heterocycles. The maximum absolute atomic E-state index is 14.5. The van der Waals surface area contributed by atoms with E-state index >= 15 is 0 Å². The van der Waals surface area contributed by atoms with Gasteiger partial charge in [-0.15, -0.1) is 0 Å². The van der Waals surface area contributed by atoms with Gasteiger partial charge >= 0.3 is 64.8 Å². The number of aliphatic carboxylic acids is 1. The third-order valence-electron chi connectivity index (χ3n) is 6.60. The molecule has 0 fully saturated rings. The SMILES string of the molecule is CCN(CCC[N+](C)(C)CCC(=O)O)S(=O)(=O)C(F)(F)C(F)(F)C(F)(F)C(F)(F)C(F)(F)C(F)(F)C(F)(F)C(F)(F)C(F)(F)C(F)(F)F. The third-order valence-corrected chi connectivity index (χ3v) is 8.63. The van der Waals surface area contributed by atoms with Crippen molar-refractivity contribution in [1.29, 1.82) is 0 Å². The Morgan fingerprint density at radius 3 is 1.19 bits per heavy atom. The zero-order valence-corrected chi connectivity index (χ0v) is 24.5. The van der Waals surface area contributed by atoms with Gasteiger partial charge in [0.2, 0.25) is 0 Å². The van der Waals surface area contributed by atoms with Crippen molar-refractivity contribution in [3.63, 3.8) is 0 Å². The number of quaternary nitrogens is 1. The van der Waals surface area contributed by atoms with E-state index < -0.39 is 112 Å². The summed E-state index contributed by atoms with van der Waals surface area (Å²) >= 11 is 0. The van der Waals surface area contributed by atoms with Crippen molar-refractivity contribution >= 4 is 16.0 Å². The Morgan fingerprint density at radius 2 is 0.896 bits per heavy atom. The molecule has 48 heavy (non-hydrogen) atoms. The van der Waals surface area contributed by atoms with E-state index in [1.165, 1.54) is 14.1 Å². The number of hydrogen-bond donors (Lipinski definition) is 1. The standard InChI is InChI=1S/C20H21F21N2O4S/c1-4-42(7-5-8-43(2,3)9-6-10(44)45)48(46,47)20(40,41)18(35,36)16(31,32)14(27,28)12(23,24)11(21,22)13(25,26)15(29,30)17(33,34)19(37,38)39/h4-9H2,1-3H3/p+1. The molecule has 6 nitrogen and oxygen atoms in total. The molecule has 0 saturated carbocycles. The van der Waals surface area contributed by atoms with Gasteiger partial charge in [-0.1, -0.05) is 6.92 Å². The van der Waals surface area contributed by atoms with Crippen LogP contribution in [0.4, 0.5) is 92.2 Å². The summed E-state index contributed by atoms with van der Waals surface area (Å²) < 4.78 is 309. The van der Waals surface area contributed by atoms with Crippen LogP contribution < -0.4 is 0 Å². The molecule has 0 spiro atoms. The summed E-state index contributed by atoms with van der Waals surface area (Å²) in [6, 6.07) is 0. The molecule has 0 atom stereocenters. The smallest absolute Gasteiger partial charge is 0.460 e. The summed E-state index contributed by atoms with van der Waals surface area (Å²) in [7, 11) is -5.08. The fourth-order valence-corrected chi connectivity index (χ4v) is 4.99. The van der Waals surface area contributed by atoms with Gasteiger partial charge in [-0.05, 0) is 0 Å². The first-order chi connectivity index (χ1) is 20.6. The van der Waals surface area contributed by atoms with Crippen LogP contribution in [0.25, 0.3) is 0 Å². The van der Waals surface area contributed by atoms with Gasteiger partial charge in [0.1, 0.15) is 0 Å². The molecule has 0 aliphatic heterocycles. The van der Waals surface area contributed by atoms with Gasteiger partial charge in [-0.2, -0.15) is 96.5 Å². The van der Waals surface area contributed by atoms with E-state index in [0.29, 0.717) is 6.92 Å². The minimum Gasteiger partial charge on any atom is -0.481 e. The third kappa shape index (κ3) is 6.80. The number of nitrogens with zero attached hydrogens (tertiary/aromatic N) is 2. The number of sulfonamides is 1. The summed E-state index contributed by atoms with van der Waals surface area (Å²) in [4.78, 5) is 10.7. The van der Waals surface area contributed by atoms with Crippen LogP contribution >= 0.6 is 0 Å². The number of alkyl halides is 21. The van der Waals surface area contributed by atoms with Gasteiger partial charge in [0.25, 0.3) is 10.0 Å². The van der Waals surface area contributed by atoms with Crippen LogP contribution in [-0.4, -0.2) is 127 Å². The molecule has 0 aliphatic rings. The van der Waals surface area contributed by atoms with E-state index in [0.717, 1.165) is 0 Å². The fraction of sp³-hybridized carbons (Fsp3) is 0.950. The van der Waals surface area contributed by atoms with Crippen LogP contribution in [0.3, 0.4) is 0 Å². The first kappa shape index (κ1) is 45.9. The zero-order chi connectivity index (χ0) is 39.4. The number of carbonyl (C=O) groups is 1. The number of halogens is 21. The minimum absolute atomic E-state index is 0.262. The molecular formula is C20H22F21N2O4S+. The van der Waals surface area contributed by atoms with Gasteiger partial charge in [-0.25, -0.2) is 8.42 Å². The van der Waals surface area contributed by atoms with Crippen molar-refractivity contribution < 1.29 is 115 Å². The lowest BCUT2D eigenvalue weighted by atomic mass is 9.87. The average molecular weight is 785 g/mol. The van der Waals surface area contributed by atoms with Crippen LogP contribution in [0, 0.1) is 0 Å². The molecular weight excluding hydrogens is 763 g/mol. The molecule has 0 aromatic rings. The first-order valence-corrected chi connectivity index (χ1v) is 13.5. The van der Waals surface area contributed by atoms with Crippen LogP contribution in [0.5, 0.6) is 0 Å². The Morgan fingerprint density at radius 1 is 0.583 bits per heavy atom. The molecule has 288 valence electrons. The van der Waals surface area contributed by atoms with Crippen molar-refractivity contribution in [2.45, 2.75) is 78.6 Å². The zero-order valence-electron chi connectivity index (χ0n) is 23.7. The highest BCUT2D eigenvalue weighted by atomic mass is 32.2. The second-order valence-corrected chi connectivity index (χ2v) is 12.5. The maximum Gasteiger partial charge on any atom is 0.460 e. The first-order valence-electron chi connectivity index (χ1n) is 12.1. The molecule has 0 rings (SSSR count). The van der Waals surface area contributed by atoms with Crippen molar-refractivity contribution in [1.82, 2.24) is 4.31 Å². The Balaban J connectivity index is 6.94. The minimum atomic E-state index is -9.38. The van der Waals surface area contributed by atoms with E-state index in [-0.39, 0.29) is 11.0 Å². The summed E-state index contributed by atoms with van der Waals surface area (Å²) in [6.07, 6.45) is -9.42. The molecule has 0 aliphatic carbocycles. The molecule has 0 bridgehead atoms. The van der Waals surface area contributed by atoms with E-state index in [1.807, 2.05) is 0 Å². The van der Waals surface area contributed by atoms with Gasteiger partial charge in [-0.3, -0.25) is 4.79 Å². The Labute approximate surface area is 255 Å². The highest BCUT2D eigenvalue weighted by molar-refractivity contribution is 7.90. The summed E-state index contributed by atoms with van der Waals surface area (Å²) in [5.74, 6) is -73.9. The Hall–Kier alpha value is -2.13. The monoisotopic (exact) mass is 785 g/mol. The number of hydrogen-bond acceptors (Lipinski definition) is 3. The Kier molecular flexibility index (Phi) is 12.3. The molecule has 0 unspecified atom stereocenters. The molecule has 0 aromatic heterocycles. The van der Waals surface area contributed by atoms with Crippen LogP contribution in [0.2, 0.25) is 0 Å². The fourth-order valence-electron chi connectivity index (χ4n) is 3.50. The molecule has 1 N–H and O–H groups in total. The average Bonchev–Trinajstić information content (AvgIpc) is 2.88. The van der Waals surface area contributed by atoms with Crippen LogP contribution in [0.1, 0.15) is 19.8 Å². The lowest BCUT2D eigenvalue weighted by Crippen LogP contribution is -2.77. The largest absolute Gasteiger partial charge is 0.481 e. The Bertz CT molecular complexity index is 1260. The maximum atomic E-state index is 14.5. The lowest BCUT2D eigenvalue weighted by molar-refractivity contribution is -0.889. The molecule has 28 heteroatoms. The summed E-state index contributed by atoms with van der Waals surface area (Å²) in [5, 5.41) is 0.837. The van der Waals surface area contributed by atoms with E-state index in [2.05, 4.69) is 0 Å². The van der Waals surface area contributed by atoms with E-state index in [4.69, 9.17) is 5.11 Å². The molecule has 0 saturated heterocycles.